The van der Waals surface area contributed by atoms with Crippen LogP contribution in [0.1, 0.15) is 31.4 Å². The molecule has 0 aliphatic rings. The molecular weight excluding hydrogens is 212 g/mol. The Hall–Kier alpha value is -1.35. The zero-order valence-corrected chi connectivity index (χ0v) is 10.9. The van der Waals surface area contributed by atoms with Crippen LogP contribution in [0.15, 0.2) is 24.3 Å². The summed E-state index contributed by atoms with van der Waals surface area (Å²) in [5.74, 6) is 0.0210. The van der Waals surface area contributed by atoms with E-state index >= 15 is 0 Å². The van der Waals surface area contributed by atoms with Gasteiger partial charge in [-0.25, -0.2) is 0 Å². The molecule has 0 saturated heterocycles. The molecule has 0 saturated carbocycles. The molecular formula is C14H22N2O. The average molecular weight is 234 g/mol. The number of nitrogens with one attached hydrogen (secondary N) is 1. The highest BCUT2D eigenvalue weighted by molar-refractivity contribution is 5.76. The summed E-state index contributed by atoms with van der Waals surface area (Å²) in [4.78, 5) is 11.4. The van der Waals surface area contributed by atoms with E-state index in [9.17, 15) is 4.79 Å². The van der Waals surface area contributed by atoms with Crippen LogP contribution in [0.3, 0.4) is 0 Å². The van der Waals surface area contributed by atoms with Crippen LogP contribution < -0.4 is 11.1 Å². The largest absolute Gasteiger partial charge is 0.355 e. The van der Waals surface area contributed by atoms with Crippen molar-refractivity contribution in [2.45, 2.75) is 32.6 Å². The van der Waals surface area contributed by atoms with Gasteiger partial charge in [-0.3, -0.25) is 4.79 Å². The second-order valence-electron chi connectivity index (χ2n) is 5.07. The number of carbonyl (C=O) groups excluding carboxylic acids is 1. The van der Waals surface area contributed by atoms with Crippen molar-refractivity contribution >= 4 is 5.91 Å². The van der Waals surface area contributed by atoms with E-state index in [1.165, 1.54) is 11.1 Å². The molecule has 0 unspecified atom stereocenters. The van der Waals surface area contributed by atoms with E-state index in [1.54, 1.807) is 0 Å². The Morgan fingerprint density at radius 1 is 1.29 bits per heavy atom. The standard InChI is InChI=1S/C14H22N2O/c1-11-4-6-12(7-5-11)14(2,3)10-16-13(17)8-9-15/h4-7H,8-10,15H2,1-3H3,(H,16,17). The third-order valence-electron chi connectivity index (χ3n) is 2.93. The summed E-state index contributed by atoms with van der Waals surface area (Å²) in [6, 6.07) is 8.42. The number of hydrogen-bond donors (Lipinski definition) is 2. The van der Waals surface area contributed by atoms with Crippen LogP contribution in [0.4, 0.5) is 0 Å². The first-order chi connectivity index (χ1) is 7.95. The fourth-order valence-corrected chi connectivity index (χ4v) is 1.65. The molecule has 0 aromatic heterocycles. The number of aryl methyl sites for hydroxylation is 1. The van der Waals surface area contributed by atoms with Crippen LogP contribution in [0.5, 0.6) is 0 Å². The number of nitrogens with two attached hydrogens (primary N) is 1. The van der Waals surface area contributed by atoms with Crippen LogP contribution in [0.2, 0.25) is 0 Å². The van der Waals surface area contributed by atoms with E-state index in [1.807, 2.05) is 0 Å². The summed E-state index contributed by atoms with van der Waals surface area (Å²) < 4.78 is 0. The summed E-state index contributed by atoms with van der Waals surface area (Å²) >= 11 is 0. The van der Waals surface area contributed by atoms with Crippen LogP contribution in [-0.2, 0) is 10.2 Å². The van der Waals surface area contributed by atoms with Gasteiger partial charge >= 0.3 is 0 Å². The van der Waals surface area contributed by atoms with Crippen molar-refractivity contribution < 1.29 is 4.79 Å². The number of carbonyl (C=O) groups is 1. The van der Waals surface area contributed by atoms with Crippen LogP contribution in [0.25, 0.3) is 0 Å². The highest BCUT2D eigenvalue weighted by atomic mass is 16.1. The number of rotatable bonds is 5. The van der Waals surface area contributed by atoms with Crippen molar-refractivity contribution in [1.82, 2.24) is 5.32 Å². The molecule has 17 heavy (non-hydrogen) atoms. The lowest BCUT2D eigenvalue weighted by atomic mass is 9.84. The third kappa shape index (κ3) is 4.19. The molecule has 3 heteroatoms. The van der Waals surface area contributed by atoms with Gasteiger partial charge in [-0.05, 0) is 12.5 Å². The van der Waals surface area contributed by atoms with Crippen molar-refractivity contribution in [2.24, 2.45) is 5.73 Å². The van der Waals surface area contributed by atoms with E-state index in [4.69, 9.17) is 5.73 Å². The summed E-state index contributed by atoms with van der Waals surface area (Å²) in [5.41, 5.74) is 7.76. The molecule has 0 bridgehead atoms. The molecule has 0 fully saturated rings. The predicted octanol–water partition coefficient (Wildman–Crippen LogP) is 1.74. The maximum absolute atomic E-state index is 11.4. The summed E-state index contributed by atoms with van der Waals surface area (Å²) in [6.45, 7) is 7.35. The molecule has 0 spiro atoms. The molecule has 0 aliphatic carbocycles. The summed E-state index contributed by atoms with van der Waals surface area (Å²) in [7, 11) is 0. The van der Waals surface area contributed by atoms with Gasteiger partial charge in [-0.15, -0.1) is 0 Å². The molecule has 3 nitrogen and oxygen atoms in total. The van der Waals surface area contributed by atoms with Crippen LogP contribution >= 0.6 is 0 Å². The lowest BCUT2D eigenvalue weighted by Crippen LogP contribution is -2.37. The predicted molar refractivity (Wildman–Crippen MR) is 70.9 cm³/mol. The Kier molecular flexibility index (Phi) is 4.70. The fraction of sp³-hybridized carbons (Fsp3) is 0.500. The molecule has 0 heterocycles. The zero-order valence-electron chi connectivity index (χ0n) is 10.9. The van der Waals surface area contributed by atoms with Crippen molar-refractivity contribution in [1.29, 1.82) is 0 Å². The lowest BCUT2D eigenvalue weighted by Gasteiger charge is -2.25. The zero-order chi connectivity index (χ0) is 12.9. The minimum atomic E-state index is -0.0576. The molecule has 0 aliphatic heterocycles. The van der Waals surface area contributed by atoms with Gasteiger partial charge in [-0.2, -0.15) is 0 Å². The third-order valence-corrected chi connectivity index (χ3v) is 2.93. The molecule has 1 rings (SSSR count). The second-order valence-corrected chi connectivity index (χ2v) is 5.07. The van der Waals surface area contributed by atoms with Gasteiger partial charge in [0.05, 0.1) is 0 Å². The summed E-state index contributed by atoms with van der Waals surface area (Å²) in [5, 5.41) is 2.92. The minimum Gasteiger partial charge on any atom is -0.355 e. The van der Waals surface area contributed by atoms with Crippen LogP contribution in [0, 0.1) is 6.92 Å². The highest BCUT2D eigenvalue weighted by Crippen LogP contribution is 2.22. The fourth-order valence-electron chi connectivity index (χ4n) is 1.65. The maximum atomic E-state index is 11.4. The van der Waals surface area contributed by atoms with Crippen molar-refractivity contribution in [3.8, 4) is 0 Å². The molecule has 94 valence electrons. The van der Waals surface area contributed by atoms with Crippen molar-refractivity contribution in [2.75, 3.05) is 13.1 Å². The monoisotopic (exact) mass is 234 g/mol. The highest BCUT2D eigenvalue weighted by Gasteiger charge is 2.20. The normalized spacial score (nSPS) is 11.3. The van der Waals surface area contributed by atoms with Crippen molar-refractivity contribution in [3.63, 3.8) is 0 Å². The topological polar surface area (TPSA) is 55.1 Å². The Morgan fingerprint density at radius 3 is 2.41 bits per heavy atom. The van der Waals surface area contributed by atoms with E-state index in [2.05, 4.69) is 50.4 Å². The quantitative estimate of drug-likeness (QED) is 0.815. The van der Waals surface area contributed by atoms with E-state index in [0.717, 1.165) is 0 Å². The number of benzene rings is 1. The van der Waals surface area contributed by atoms with E-state index < -0.39 is 0 Å². The van der Waals surface area contributed by atoms with Gasteiger partial charge in [0.1, 0.15) is 0 Å². The van der Waals surface area contributed by atoms with E-state index in [0.29, 0.717) is 19.5 Å². The minimum absolute atomic E-state index is 0.0210. The van der Waals surface area contributed by atoms with Gasteiger partial charge in [-0.1, -0.05) is 43.7 Å². The molecule has 3 N–H and O–H groups in total. The Morgan fingerprint density at radius 2 is 1.88 bits per heavy atom. The van der Waals surface area contributed by atoms with Gasteiger partial charge in [0.25, 0.3) is 0 Å². The maximum Gasteiger partial charge on any atom is 0.221 e. The Bertz CT molecular complexity index is 368. The number of amides is 1. The molecule has 1 amide bonds. The SMILES string of the molecule is Cc1ccc(C(C)(C)CNC(=O)CCN)cc1. The van der Waals surface area contributed by atoms with Gasteiger partial charge in [0.2, 0.25) is 5.91 Å². The number of hydrogen-bond acceptors (Lipinski definition) is 2. The summed E-state index contributed by atoms with van der Waals surface area (Å²) in [6.07, 6.45) is 0.393. The van der Waals surface area contributed by atoms with Gasteiger partial charge in [0.15, 0.2) is 0 Å². The molecule has 1 aromatic carbocycles. The smallest absolute Gasteiger partial charge is 0.221 e. The van der Waals surface area contributed by atoms with E-state index in [-0.39, 0.29) is 11.3 Å². The van der Waals surface area contributed by atoms with Crippen molar-refractivity contribution in [3.05, 3.63) is 35.4 Å². The average Bonchev–Trinajstić information content (AvgIpc) is 2.28. The Labute approximate surface area is 103 Å². The second kappa shape index (κ2) is 5.82. The molecule has 0 radical (unpaired) electrons. The van der Waals surface area contributed by atoms with Crippen LogP contribution in [-0.4, -0.2) is 19.0 Å². The first kappa shape index (κ1) is 13.7. The lowest BCUT2D eigenvalue weighted by molar-refractivity contribution is -0.121. The Balaban J connectivity index is 2.61. The first-order valence-corrected chi connectivity index (χ1v) is 5.99. The first-order valence-electron chi connectivity index (χ1n) is 5.99. The van der Waals surface area contributed by atoms with Gasteiger partial charge in [0, 0.05) is 24.9 Å². The van der Waals surface area contributed by atoms with Gasteiger partial charge < -0.3 is 11.1 Å². The molecule has 1 aromatic rings. The molecule has 0 atom stereocenters.